The van der Waals surface area contributed by atoms with Gasteiger partial charge in [-0.3, -0.25) is 0 Å². The lowest BCUT2D eigenvalue weighted by Crippen LogP contribution is -2.23. The summed E-state index contributed by atoms with van der Waals surface area (Å²) in [7, 11) is 0. The highest BCUT2D eigenvalue weighted by atomic mass is 16.5. The molecule has 2 aromatic rings. The second-order valence-corrected chi connectivity index (χ2v) is 4.20. The summed E-state index contributed by atoms with van der Waals surface area (Å²) in [5, 5.41) is 15.0. The summed E-state index contributed by atoms with van der Waals surface area (Å²) in [5.41, 5.74) is 0. The molecule has 1 N–H and O–H groups in total. The first-order chi connectivity index (χ1) is 9.31. The Bertz CT molecular complexity index is 485. The van der Waals surface area contributed by atoms with Crippen molar-refractivity contribution in [3.8, 4) is 5.75 Å². The summed E-state index contributed by atoms with van der Waals surface area (Å²) in [5.74, 6) is 1.69. The zero-order valence-electron chi connectivity index (χ0n) is 11.3. The van der Waals surface area contributed by atoms with Crippen molar-refractivity contribution in [2.24, 2.45) is 0 Å². The van der Waals surface area contributed by atoms with Crippen molar-refractivity contribution in [2.75, 3.05) is 13.2 Å². The van der Waals surface area contributed by atoms with Gasteiger partial charge in [-0.15, -0.1) is 5.10 Å². The Hall–Kier alpha value is -1.95. The van der Waals surface area contributed by atoms with E-state index in [0.29, 0.717) is 13.2 Å². The lowest BCUT2D eigenvalue weighted by Gasteiger charge is -2.12. The minimum atomic E-state index is 0.136. The summed E-state index contributed by atoms with van der Waals surface area (Å²) in [4.78, 5) is 0. The molecule has 0 saturated carbocycles. The van der Waals surface area contributed by atoms with Crippen LogP contribution in [0.15, 0.2) is 30.3 Å². The molecule has 2 rings (SSSR count). The van der Waals surface area contributed by atoms with Gasteiger partial charge < -0.3 is 10.1 Å². The molecule has 0 fully saturated rings. The van der Waals surface area contributed by atoms with Gasteiger partial charge in [0.05, 0.1) is 12.6 Å². The van der Waals surface area contributed by atoms with Crippen LogP contribution in [0.25, 0.3) is 0 Å². The van der Waals surface area contributed by atoms with Crippen molar-refractivity contribution >= 4 is 0 Å². The Kier molecular flexibility index (Phi) is 4.85. The number of hydrogen-bond acceptors (Lipinski definition) is 5. The van der Waals surface area contributed by atoms with Gasteiger partial charge in [0.15, 0.2) is 5.82 Å². The van der Waals surface area contributed by atoms with Gasteiger partial charge in [0.2, 0.25) is 0 Å². The summed E-state index contributed by atoms with van der Waals surface area (Å²) in [6.07, 6.45) is 0. The maximum Gasteiger partial charge on any atom is 0.168 e. The van der Waals surface area contributed by atoms with Crippen LogP contribution in [0.4, 0.5) is 0 Å². The van der Waals surface area contributed by atoms with Crippen LogP contribution in [0.1, 0.15) is 25.7 Å². The van der Waals surface area contributed by atoms with E-state index in [0.717, 1.165) is 18.1 Å². The number of hydrogen-bond donors (Lipinski definition) is 1. The number of ether oxygens (including phenoxy) is 1. The molecule has 102 valence electrons. The maximum absolute atomic E-state index is 5.64. The van der Waals surface area contributed by atoms with Crippen LogP contribution in [-0.4, -0.2) is 33.4 Å². The number of nitrogens with one attached hydrogen (secondary N) is 1. The lowest BCUT2D eigenvalue weighted by molar-refractivity contribution is 0.285. The van der Waals surface area contributed by atoms with Crippen molar-refractivity contribution < 1.29 is 4.74 Å². The van der Waals surface area contributed by atoms with Gasteiger partial charge in [-0.05, 0) is 36.0 Å². The van der Waals surface area contributed by atoms with Gasteiger partial charge in [0.25, 0.3) is 0 Å². The first-order valence-corrected chi connectivity index (χ1v) is 6.48. The van der Waals surface area contributed by atoms with Crippen LogP contribution in [-0.2, 0) is 6.54 Å². The molecule has 0 aliphatic carbocycles. The van der Waals surface area contributed by atoms with E-state index in [9.17, 15) is 0 Å². The lowest BCUT2D eigenvalue weighted by atomic mass is 10.3. The summed E-state index contributed by atoms with van der Waals surface area (Å²) in [6, 6.07) is 9.86. The van der Waals surface area contributed by atoms with Gasteiger partial charge >= 0.3 is 0 Å². The zero-order valence-corrected chi connectivity index (χ0v) is 11.3. The van der Waals surface area contributed by atoms with E-state index in [-0.39, 0.29) is 6.04 Å². The van der Waals surface area contributed by atoms with E-state index >= 15 is 0 Å². The molecule has 6 nitrogen and oxygen atoms in total. The number of nitrogens with zero attached hydrogens (tertiary/aromatic N) is 4. The largest absolute Gasteiger partial charge is 0.492 e. The number of rotatable bonds is 7. The minimum Gasteiger partial charge on any atom is -0.492 e. The number of para-hydroxylation sites is 1. The van der Waals surface area contributed by atoms with Crippen molar-refractivity contribution in [3.05, 3.63) is 36.2 Å². The molecule has 1 unspecified atom stereocenters. The molecule has 0 bridgehead atoms. The number of tetrazole rings is 1. The van der Waals surface area contributed by atoms with Crippen LogP contribution >= 0.6 is 0 Å². The molecule has 19 heavy (non-hydrogen) atoms. The van der Waals surface area contributed by atoms with E-state index in [4.69, 9.17) is 4.74 Å². The third kappa shape index (κ3) is 3.75. The average Bonchev–Trinajstić information content (AvgIpc) is 2.89. The second kappa shape index (κ2) is 6.84. The highest BCUT2D eigenvalue weighted by molar-refractivity contribution is 5.20. The molecule has 1 heterocycles. The smallest absolute Gasteiger partial charge is 0.168 e. The molecule has 6 heteroatoms. The van der Waals surface area contributed by atoms with Gasteiger partial charge in [-0.1, -0.05) is 25.1 Å². The van der Waals surface area contributed by atoms with Crippen LogP contribution in [0.5, 0.6) is 5.75 Å². The van der Waals surface area contributed by atoms with E-state index < -0.39 is 0 Å². The fourth-order valence-corrected chi connectivity index (χ4v) is 1.85. The molecule has 0 radical (unpaired) electrons. The quantitative estimate of drug-likeness (QED) is 0.816. The average molecular weight is 261 g/mol. The Balaban J connectivity index is 1.88. The molecule has 1 aromatic heterocycles. The molecular weight excluding hydrogens is 242 g/mol. The standard InChI is InChI=1S/C13H19N5O/c1-3-14-11(2)13-15-16-17-18(13)9-10-19-12-7-5-4-6-8-12/h4-8,11,14H,3,9-10H2,1-2H3. The van der Waals surface area contributed by atoms with Gasteiger partial charge in [-0.25, -0.2) is 4.68 Å². The normalized spacial score (nSPS) is 12.3. The maximum atomic E-state index is 5.64. The minimum absolute atomic E-state index is 0.136. The third-order valence-corrected chi connectivity index (χ3v) is 2.77. The molecule has 0 saturated heterocycles. The Morgan fingerprint density at radius 2 is 2.11 bits per heavy atom. The van der Waals surface area contributed by atoms with Gasteiger partial charge in [0, 0.05) is 0 Å². The van der Waals surface area contributed by atoms with E-state index in [1.54, 1.807) is 4.68 Å². The zero-order chi connectivity index (χ0) is 13.5. The van der Waals surface area contributed by atoms with Gasteiger partial charge in [-0.2, -0.15) is 0 Å². The Morgan fingerprint density at radius 3 is 2.84 bits per heavy atom. The molecule has 1 atom stereocenters. The van der Waals surface area contributed by atoms with E-state index in [1.807, 2.05) is 37.3 Å². The Morgan fingerprint density at radius 1 is 1.32 bits per heavy atom. The van der Waals surface area contributed by atoms with E-state index in [2.05, 4.69) is 27.8 Å². The van der Waals surface area contributed by atoms with Crippen molar-refractivity contribution in [2.45, 2.75) is 26.4 Å². The second-order valence-electron chi connectivity index (χ2n) is 4.20. The van der Waals surface area contributed by atoms with Crippen molar-refractivity contribution in [1.82, 2.24) is 25.5 Å². The van der Waals surface area contributed by atoms with Crippen LogP contribution in [0.2, 0.25) is 0 Å². The number of aromatic nitrogens is 4. The monoisotopic (exact) mass is 261 g/mol. The predicted octanol–water partition coefficient (Wildman–Crippen LogP) is 1.42. The molecule has 0 spiro atoms. The number of benzene rings is 1. The molecule has 0 amide bonds. The van der Waals surface area contributed by atoms with E-state index in [1.165, 1.54) is 0 Å². The molecule has 1 aromatic carbocycles. The summed E-state index contributed by atoms with van der Waals surface area (Å²) >= 11 is 0. The predicted molar refractivity (Wildman–Crippen MR) is 71.8 cm³/mol. The fourth-order valence-electron chi connectivity index (χ4n) is 1.85. The Labute approximate surface area is 112 Å². The van der Waals surface area contributed by atoms with Crippen molar-refractivity contribution in [1.29, 1.82) is 0 Å². The fraction of sp³-hybridized carbons (Fsp3) is 0.462. The van der Waals surface area contributed by atoms with Crippen molar-refractivity contribution in [3.63, 3.8) is 0 Å². The first kappa shape index (κ1) is 13.5. The molecular formula is C13H19N5O. The summed E-state index contributed by atoms with van der Waals surface area (Å²) in [6.45, 7) is 6.16. The summed E-state index contributed by atoms with van der Waals surface area (Å²) < 4.78 is 7.41. The SMILES string of the molecule is CCNC(C)c1nnnn1CCOc1ccccc1. The highest BCUT2D eigenvalue weighted by Gasteiger charge is 2.12. The van der Waals surface area contributed by atoms with Gasteiger partial charge in [0.1, 0.15) is 12.4 Å². The third-order valence-electron chi connectivity index (χ3n) is 2.77. The molecule has 0 aliphatic rings. The van der Waals surface area contributed by atoms with Crippen LogP contribution in [0, 0.1) is 0 Å². The van der Waals surface area contributed by atoms with Crippen LogP contribution in [0.3, 0.4) is 0 Å². The highest BCUT2D eigenvalue weighted by Crippen LogP contribution is 2.09. The molecule has 0 aliphatic heterocycles. The topological polar surface area (TPSA) is 64.9 Å². The first-order valence-electron chi connectivity index (χ1n) is 6.48. The van der Waals surface area contributed by atoms with Crippen LogP contribution < -0.4 is 10.1 Å².